The third-order valence-corrected chi connectivity index (χ3v) is 5.55. The van der Waals surface area contributed by atoms with Crippen LogP contribution in [0.3, 0.4) is 0 Å². The summed E-state index contributed by atoms with van der Waals surface area (Å²) in [5.41, 5.74) is 0. The molecule has 0 aromatic heterocycles. The van der Waals surface area contributed by atoms with Gasteiger partial charge in [-0.3, -0.25) is 0 Å². The molecule has 1 N–H and O–H groups in total. The number of hydrogen-bond donors (Lipinski definition) is 1. The van der Waals surface area contributed by atoms with E-state index in [2.05, 4.69) is 26.1 Å². The molecule has 0 bridgehead atoms. The molecule has 0 saturated heterocycles. The van der Waals surface area contributed by atoms with Crippen LogP contribution in [0, 0.1) is 23.7 Å². The Labute approximate surface area is 120 Å². The second-order valence-electron chi connectivity index (χ2n) is 7.74. The molecule has 2 saturated carbocycles. The molecule has 0 aromatic rings. The van der Waals surface area contributed by atoms with E-state index in [1.54, 1.807) is 0 Å². The van der Waals surface area contributed by atoms with Gasteiger partial charge in [-0.1, -0.05) is 59.3 Å². The van der Waals surface area contributed by atoms with E-state index < -0.39 is 0 Å². The first kappa shape index (κ1) is 15.4. The smallest absolute Gasteiger partial charge is 0.00104 e. The fourth-order valence-electron chi connectivity index (χ4n) is 4.36. The molecule has 2 aliphatic rings. The summed E-state index contributed by atoms with van der Waals surface area (Å²) in [6.45, 7) is 8.30. The van der Waals surface area contributed by atoms with Crippen LogP contribution in [0.1, 0.15) is 78.6 Å². The van der Waals surface area contributed by atoms with Crippen molar-refractivity contribution in [3.05, 3.63) is 0 Å². The molecule has 0 aliphatic heterocycles. The van der Waals surface area contributed by atoms with E-state index in [1.165, 1.54) is 64.3 Å². The van der Waals surface area contributed by atoms with Crippen LogP contribution in [-0.4, -0.2) is 12.6 Å². The van der Waals surface area contributed by atoms with E-state index >= 15 is 0 Å². The van der Waals surface area contributed by atoms with Gasteiger partial charge in [-0.2, -0.15) is 0 Å². The zero-order valence-corrected chi connectivity index (χ0v) is 13.5. The number of nitrogens with one attached hydrogen (secondary N) is 1. The van der Waals surface area contributed by atoms with Gasteiger partial charge in [0.2, 0.25) is 0 Å². The highest BCUT2D eigenvalue weighted by atomic mass is 14.9. The number of hydrogen-bond acceptors (Lipinski definition) is 1. The van der Waals surface area contributed by atoms with Gasteiger partial charge in [0.25, 0.3) is 0 Å². The van der Waals surface area contributed by atoms with Crippen LogP contribution in [0.15, 0.2) is 0 Å². The van der Waals surface area contributed by atoms with Crippen LogP contribution in [0.25, 0.3) is 0 Å². The highest BCUT2D eigenvalue weighted by molar-refractivity contribution is 4.83. The van der Waals surface area contributed by atoms with Gasteiger partial charge in [0.15, 0.2) is 0 Å². The maximum absolute atomic E-state index is 3.70. The molecule has 2 rings (SSSR count). The lowest BCUT2D eigenvalue weighted by atomic mass is 9.69. The van der Waals surface area contributed by atoms with Gasteiger partial charge in [-0.15, -0.1) is 0 Å². The van der Waals surface area contributed by atoms with Gasteiger partial charge in [-0.25, -0.2) is 0 Å². The highest BCUT2D eigenvalue weighted by Gasteiger charge is 2.30. The monoisotopic (exact) mass is 265 g/mol. The van der Waals surface area contributed by atoms with E-state index in [1.807, 2.05) is 0 Å². The lowest BCUT2D eigenvalue weighted by Crippen LogP contribution is -2.36. The minimum Gasteiger partial charge on any atom is -0.314 e. The Morgan fingerprint density at radius 1 is 0.947 bits per heavy atom. The van der Waals surface area contributed by atoms with E-state index in [0.29, 0.717) is 6.04 Å². The first-order valence-electron chi connectivity index (χ1n) is 8.88. The third-order valence-electron chi connectivity index (χ3n) is 5.55. The summed E-state index contributed by atoms with van der Waals surface area (Å²) in [6.07, 6.45) is 13.5. The van der Waals surface area contributed by atoms with Crippen LogP contribution in [0.5, 0.6) is 0 Å². The molecule has 1 heteroatoms. The predicted molar refractivity (Wildman–Crippen MR) is 84.3 cm³/mol. The van der Waals surface area contributed by atoms with Crippen molar-refractivity contribution < 1.29 is 0 Å². The molecular formula is C18H35N. The van der Waals surface area contributed by atoms with Crippen LogP contribution < -0.4 is 5.32 Å². The molecule has 2 aliphatic carbocycles. The summed E-state index contributed by atoms with van der Waals surface area (Å²) in [7, 11) is 0. The van der Waals surface area contributed by atoms with Crippen LogP contribution in [0.4, 0.5) is 0 Å². The minimum absolute atomic E-state index is 0.648. The topological polar surface area (TPSA) is 12.0 Å². The van der Waals surface area contributed by atoms with Gasteiger partial charge < -0.3 is 5.32 Å². The Hall–Kier alpha value is -0.0400. The fraction of sp³-hybridized carbons (Fsp3) is 1.00. The number of rotatable bonds is 5. The van der Waals surface area contributed by atoms with E-state index in [4.69, 9.17) is 0 Å². The molecule has 1 nitrogen and oxygen atoms in total. The van der Waals surface area contributed by atoms with Crippen molar-refractivity contribution >= 4 is 0 Å². The first-order chi connectivity index (χ1) is 9.15. The SMILES string of the molecule is CC1CCC(CNC(C)C)C(CC2CCCCC2)C1. The highest BCUT2D eigenvalue weighted by Crippen LogP contribution is 2.40. The average Bonchev–Trinajstić information content (AvgIpc) is 2.39. The summed E-state index contributed by atoms with van der Waals surface area (Å²) in [5, 5.41) is 3.70. The molecule has 3 unspecified atom stereocenters. The molecule has 0 heterocycles. The van der Waals surface area contributed by atoms with Gasteiger partial charge in [0.1, 0.15) is 0 Å². The van der Waals surface area contributed by atoms with Gasteiger partial charge in [0.05, 0.1) is 0 Å². The molecular weight excluding hydrogens is 230 g/mol. The van der Waals surface area contributed by atoms with Gasteiger partial charge >= 0.3 is 0 Å². The largest absolute Gasteiger partial charge is 0.314 e. The third kappa shape index (κ3) is 5.10. The summed E-state index contributed by atoms with van der Waals surface area (Å²) >= 11 is 0. The maximum atomic E-state index is 3.70. The summed E-state index contributed by atoms with van der Waals surface area (Å²) in [6, 6.07) is 0.648. The summed E-state index contributed by atoms with van der Waals surface area (Å²) < 4.78 is 0. The van der Waals surface area contributed by atoms with Gasteiger partial charge in [0, 0.05) is 6.04 Å². The summed E-state index contributed by atoms with van der Waals surface area (Å²) in [4.78, 5) is 0. The molecule has 0 amide bonds. The van der Waals surface area contributed by atoms with Crippen molar-refractivity contribution in [1.29, 1.82) is 0 Å². The normalized spacial score (nSPS) is 33.8. The summed E-state index contributed by atoms with van der Waals surface area (Å²) in [5.74, 6) is 4.01. The van der Waals surface area contributed by atoms with Crippen molar-refractivity contribution in [1.82, 2.24) is 5.32 Å². The van der Waals surface area contributed by atoms with Crippen molar-refractivity contribution in [2.75, 3.05) is 6.54 Å². The molecule has 112 valence electrons. The van der Waals surface area contributed by atoms with Crippen molar-refractivity contribution in [3.8, 4) is 0 Å². The van der Waals surface area contributed by atoms with E-state index in [-0.39, 0.29) is 0 Å². The van der Waals surface area contributed by atoms with Crippen molar-refractivity contribution in [2.24, 2.45) is 23.7 Å². The molecule has 0 radical (unpaired) electrons. The maximum Gasteiger partial charge on any atom is 0.00104 e. The van der Waals surface area contributed by atoms with Crippen LogP contribution in [-0.2, 0) is 0 Å². The van der Waals surface area contributed by atoms with Crippen LogP contribution >= 0.6 is 0 Å². The molecule has 0 aromatic carbocycles. The molecule has 0 spiro atoms. The Balaban J connectivity index is 1.84. The van der Waals surface area contributed by atoms with E-state index in [9.17, 15) is 0 Å². The molecule has 19 heavy (non-hydrogen) atoms. The first-order valence-corrected chi connectivity index (χ1v) is 8.88. The second-order valence-corrected chi connectivity index (χ2v) is 7.74. The van der Waals surface area contributed by atoms with Crippen LogP contribution in [0.2, 0.25) is 0 Å². The molecule has 2 fully saturated rings. The van der Waals surface area contributed by atoms with Crippen molar-refractivity contribution in [2.45, 2.75) is 84.6 Å². The quantitative estimate of drug-likeness (QED) is 0.737. The standard InChI is InChI=1S/C18H35N/c1-14(2)19-13-17-10-9-15(3)11-18(17)12-16-7-5-4-6-8-16/h14-19H,4-13H2,1-3H3. The minimum atomic E-state index is 0.648. The predicted octanol–water partition coefficient (Wildman–Crippen LogP) is 5.01. The Kier molecular flexibility index (Phi) is 6.19. The Bertz CT molecular complexity index is 242. The zero-order chi connectivity index (χ0) is 13.7. The van der Waals surface area contributed by atoms with E-state index in [0.717, 1.165) is 23.7 Å². The Morgan fingerprint density at radius 3 is 2.37 bits per heavy atom. The lowest BCUT2D eigenvalue weighted by molar-refractivity contribution is 0.141. The Morgan fingerprint density at radius 2 is 1.68 bits per heavy atom. The lowest BCUT2D eigenvalue weighted by Gasteiger charge is -2.38. The zero-order valence-electron chi connectivity index (χ0n) is 13.5. The van der Waals surface area contributed by atoms with Crippen molar-refractivity contribution in [3.63, 3.8) is 0 Å². The molecule has 3 atom stereocenters. The average molecular weight is 265 g/mol. The van der Waals surface area contributed by atoms with Gasteiger partial charge in [-0.05, 0) is 49.5 Å². The fourth-order valence-corrected chi connectivity index (χ4v) is 4.36. The second kappa shape index (κ2) is 7.67.